The van der Waals surface area contributed by atoms with Crippen LogP contribution in [-0.2, 0) is 0 Å². The van der Waals surface area contributed by atoms with E-state index in [1.165, 1.54) is 0 Å². The smallest absolute Gasteiger partial charge is 0.278 e. The van der Waals surface area contributed by atoms with Gasteiger partial charge in [-0.3, -0.25) is 4.79 Å². The number of aromatic nitrogens is 1. The number of hydrogen-bond acceptors (Lipinski definition) is 3. The van der Waals surface area contributed by atoms with Crippen LogP contribution in [0.3, 0.4) is 0 Å². The maximum Gasteiger partial charge on any atom is 0.278 e. The van der Waals surface area contributed by atoms with E-state index in [1.807, 2.05) is 0 Å². The van der Waals surface area contributed by atoms with Gasteiger partial charge in [0, 0.05) is 11.5 Å². The normalized spacial score (nSPS) is 10.5. The molecule has 21 heavy (non-hydrogen) atoms. The molecular formula is C15H12F2N2O2. The topological polar surface area (TPSA) is 55.1 Å². The fraction of sp³-hybridized carbons (Fsp3) is 0.200. The van der Waals surface area contributed by atoms with E-state index in [-0.39, 0.29) is 17.2 Å². The maximum absolute atomic E-state index is 13.8. The quantitative estimate of drug-likeness (QED) is 0.882. The molecule has 0 aliphatic carbocycles. The summed E-state index contributed by atoms with van der Waals surface area (Å²) >= 11 is 0. The Morgan fingerprint density at radius 2 is 2.00 bits per heavy atom. The lowest BCUT2D eigenvalue weighted by Gasteiger charge is -2.08. The molecule has 4 nitrogen and oxygen atoms in total. The number of oxazole rings is 1. The Kier molecular flexibility index (Phi) is 4.03. The molecule has 0 fully saturated rings. The molecule has 0 aliphatic rings. The Labute approximate surface area is 120 Å². The van der Waals surface area contributed by atoms with Gasteiger partial charge < -0.3 is 9.73 Å². The number of carbonyl (C=O) groups excluding carboxylic acids is 1. The Morgan fingerprint density at radius 1 is 1.38 bits per heavy atom. The van der Waals surface area contributed by atoms with Crippen LogP contribution >= 0.6 is 0 Å². The summed E-state index contributed by atoms with van der Waals surface area (Å²) in [6, 6.07) is 1.93. The molecule has 1 heterocycles. The molecule has 1 aromatic heterocycles. The van der Waals surface area contributed by atoms with Crippen molar-refractivity contribution in [2.45, 2.75) is 19.8 Å². The zero-order chi connectivity index (χ0) is 15.6. The highest BCUT2D eigenvalue weighted by Gasteiger charge is 2.21. The van der Waals surface area contributed by atoms with Crippen molar-refractivity contribution in [2.24, 2.45) is 0 Å². The van der Waals surface area contributed by atoms with E-state index in [9.17, 15) is 13.6 Å². The average molecular weight is 290 g/mol. The molecule has 0 radical (unpaired) electrons. The number of halogens is 2. The number of rotatable bonds is 3. The van der Waals surface area contributed by atoms with Gasteiger partial charge in [-0.15, -0.1) is 6.42 Å². The van der Waals surface area contributed by atoms with Crippen molar-refractivity contribution in [1.29, 1.82) is 0 Å². The predicted molar refractivity (Wildman–Crippen MR) is 72.8 cm³/mol. The monoisotopic (exact) mass is 290 g/mol. The molecule has 1 amide bonds. The molecule has 6 heteroatoms. The van der Waals surface area contributed by atoms with Crippen molar-refractivity contribution >= 4 is 11.6 Å². The first-order valence-corrected chi connectivity index (χ1v) is 6.14. The molecule has 1 aromatic carbocycles. The summed E-state index contributed by atoms with van der Waals surface area (Å²) in [5.74, 6) is -0.286. The van der Waals surface area contributed by atoms with Crippen molar-refractivity contribution in [1.82, 2.24) is 4.98 Å². The molecule has 1 N–H and O–H groups in total. The summed E-state index contributed by atoms with van der Waals surface area (Å²) in [5, 5.41) is 2.15. The number of hydrogen-bond donors (Lipinski definition) is 1. The number of terminal acetylenes is 1. The Hall–Kier alpha value is -2.68. The van der Waals surface area contributed by atoms with Gasteiger partial charge in [0.2, 0.25) is 0 Å². The first-order chi connectivity index (χ1) is 9.93. The van der Waals surface area contributed by atoms with Crippen LogP contribution in [0.4, 0.5) is 14.5 Å². The first kappa shape index (κ1) is 14.7. The lowest BCUT2D eigenvalue weighted by Crippen LogP contribution is -2.17. The molecule has 0 saturated heterocycles. The fourth-order valence-electron chi connectivity index (χ4n) is 1.78. The zero-order valence-electron chi connectivity index (χ0n) is 11.4. The summed E-state index contributed by atoms with van der Waals surface area (Å²) < 4.78 is 32.6. The Morgan fingerprint density at radius 3 is 2.52 bits per heavy atom. The third kappa shape index (κ3) is 2.92. The van der Waals surface area contributed by atoms with Gasteiger partial charge in [-0.1, -0.05) is 19.8 Å². The summed E-state index contributed by atoms with van der Waals surface area (Å²) in [5.41, 5.74) is -0.533. The van der Waals surface area contributed by atoms with Crippen molar-refractivity contribution in [3.8, 4) is 12.3 Å². The van der Waals surface area contributed by atoms with Crippen LogP contribution in [0, 0.1) is 24.0 Å². The highest BCUT2D eigenvalue weighted by atomic mass is 19.1. The molecular weight excluding hydrogens is 278 g/mol. The lowest BCUT2D eigenvalue weighted by molar-refractivity contribution is 0.101. The van der Waals surface area contributed by atoms with Crippen LogP contribution in [0.15, 0.2) is 22.9 Å². The number of nitrogens with one attached hydrogen (secondary N) is 1. The fourth-order valence-corrected chi connectivity index (χ4v) is 1.78. The highest BCUT2D eigenvalue weighted by molar-refractivity contribution is 6.03. The van der Waals surface area contributed by atoms with E-state index in [4.69, 9.17) is 10.8 Å². The molecule has 0 spiro atoms. The minimum atomic E-state index is -0.953. The van der Waals surface area contributed by atoms with Crippen molar-refractivity contribution in [3.63, 3.8) is 0 Å². The maximum atomic E-state index is 13.8. The molecule has 0 aliphatic heterocycles. The van der Waals surface area contributed by atoms with Gasteiger partial charge >= 0.3 is 0 Å². The third-order valence-electron chi connectivity index (χ3n) is 2.78. The minimum Gasteiger partial charge on any atom is -0.447 e. The van der Waals surface area contributed by atoms with Crippen molar-refractivity contribution in [3.05, 3.63) is 47.2 Å². The van der Waals surface area contributed by atoms with E-state index >= 15 is 0 Å². The van der Waals surface area contributed by atoms with Gasteiger partial charge in [-0.05, 0) is 12.1 Å². The Balaban J connectivity index is 2.33. The second-order valence-electron chi connectivity index (χ2n) is 4.63. The SMILES string of the molecule is C#Cc1cc(F)c(NC(=O)c2ncoc2C(C)C)c(F)c1. The van der Waals surface area contributed by atoms with Crippen molar-refractivity contribution in [2.75, 3.05) is 5.32 Å². The van der Waals surface area contributed by atoms with Gasteiger partial charge in [-0.2, -0.15) is 0 Å². The number of carbonyl (C=O) groups is 1. The van der Waals surface area contributed by atoms with Crippen LogP contribution in [-0.4, -0.2) is 10.9 Å². The molecule has 0 bridgehead atoms. The number of benzene rings is 1. The standard InChI is InChI=1S/C15H12F2N2O2/c1-4-9-5-10(16)12(11(17)6-9)19-15(20)13-14(8(2)3)21-7-18-13/h1,5-8H,2-3H3,(H,19,20). The van der Waals surface area contributed by atoms with Gasteiger partial charge in [0.05, 0.1) is 0 Å². The van der Waals surface area contributed by atoms with E-state index in [1.54, 1.807) is 13.8 Å². The van der Waals surface area contributed by atoms with Gasteiger partial charge in [-0.25, -0.2) is 13.8 Å². The predicted octanol–water partition coefficient (Wildman–Crippen LogP) is 3.31. The number of amides is 1. The van der Waals surface area contributed by atoms with Gasteiger partial charge in [0.1, 0.15) is 11.4 Å². The molecule has 2 aromatic rings. The summed E-state index contributed by atoms with van der Waals surface area (Å²) in [6.07, 6.45) is 6.19. The second-order valence-corrected chi connectivity index (χ2v) is 4.63. The molecule has 108 valence electrons. The van der Waals surface area contributed by atoms with E-state index < -0.39 is 23.2 Å². The van der Waals surface area contributed by atoms with E-state index in [0.717, 1.165) is 18.5 Å². The highest BCUT2D eigenvalue weighted by Crippen LogP contribution is 2.23. The van der Waals surface area contributed by atoms with Crippen LogP contribution < -0.4 is 5.32 Å². The zero-order valence-corrected chi connectivity index (χ0v) is 11.4. The average Bonchev–Trinajstić information content (AvgIpc) is 2.91. The van der Waals surface area contributed by atoms with Crippen LogP contribution in [0.5, 0.6) is 0 Å². The minimum absolute atomic E-state index is 0.00942. The third-order valence-corrected chi connectivity index (χ3v) is 2.78. The first-order valence-electron chi connectivity index (χ1n) is 6.14. The van der Waals surface area contributed by atoms with E-state index in [0.29, 0.717) is 5.76 Å². The summed E-state index contributed by atoms with van der Waals surface area (Å²) in [6.45, 7) is 3.61. The summed E-state index contributed by atoms with van der Waals surface area (Å²) in [7, 11) is 0. The van der Waals surface area contributed by atoms with E-state index in [2.05, 4.69) is 16.2 Å². The van der Waals surface area contributed by atoms with Gasteiger partial charge in [0.15, 0.2) is 23.7 Å². The number of anilines is 1. The molecule has 0 saturated carbocycles. The van der Waals surface area contributed by atoms with Gasteiger partial charge in [0.25, 0.3) is 5.91 Å². The van der Waals surface area contributed by atoms with Crippen LogP contribution in [0.25, 0.3) is 0 Å². The molecule has 0 unspecified atom stereocenters. The molecule has 2 rings (SSSR count). The number of nitrogens with zero attached hydrogens (tertiary/aromatic N) is 1. The molecule has 0 atom stereocenters. The lowest BCUT2D eigenvalue weighted by atomic mass is 10.1. The van der Waals surface area contributed by atoms with Crippen molar-refractivity contribution < 1.29 is 18.0 Å². The van der Waals surface area contributed by atoms with Crippen LogP contribution in [0.2, 0.25) is 0 Å². The van der Waals surface area contributed by atoms with Crippen LogP contribution in [0.1, 0.15) is 41.6 Å². The largest absolute Gasteiger partial charge is 0.447 e. The summed E-state index contributed by atoms with van der Waals surface area (Å²) in [4.78, 5) is 15.8. The Bertz CT molecular complexity index is 707. The second kappa shape index (κ2) is 5.75.